The quantitative estimate of drug-likeness (QED) is 0.310. The molecule has 1 aliphatic rings. The van der Waals surface area contributed by atoms with E-state index < -0.39 is 47.0 Å². The number of rotatable bonds is 5. The van der Waals surface area contributed by atoms with Crippen molar-refractivity contribution in [2.45, 2.75) is 24.8 Å². The number of benzene rings is 1. The number of nitrogens with one attached hydrogen (secondary N) is 1. The van der Waals surface area contributed by atoms with Gasteiger partial charge in [0.05, 0.1) is 36.6 Å². The fourth-order valence-corrected chi connectivity index (χ4v) is 3.89. The number of ether oxygens (including phenoxy) is 1. The number of nitrogens with zero attached hydrogens (tertiary/aromatic N) is 6. The van der Waals surface area contributed by atoms with Crippen molar-refractivity contribution < 1.29 is 41.5 Å². The van der Waals surface area contributed by atoms with E-state index >= 15 is 0 Å². The lowest BCUT2D eigenvalue weighted by atomic mass is 9.95. The monoisotopic (exact) mass is 550 g/mol. The third-order valence-corrected chi connectivity index (χ3v) is 5.92. The molecule has 1 aliphatic heterocycles. The molecule has 204 valence electrons. The second kappa shape index (κ2) is 9.28. The highest BCUT2D eigenvalue weighted by Gasteiger charge is 2.49. The number of carbonyl (C=O) groups excluding carboxylic acids is 2. The predicted molar refractivity (Wildman–Crippen MR) is 124 cm³/mol. The van der Waals surface area contributed by atoms with Crippen LogP contribution in [0.15, 0.2) is 41.2 Å². The van der Waals surface area contributed by atoms with Crippen LogP contribution in [0.4, 0.5) is 34.9 Å². The van der Waals surface area contributed by atoms with Crippen molar-refractivity contribution >= 4 is 40.1 Å². The van der Waals surface area contributed by atoms with E-state index in [1.165, 1.54) is 18.2 Å². The number of morpholine rings is 1. The van der Waals surface area contributed by atoms with Crippen molar-refractivity contribution in [3.8, 4) is 5.69 Å². The van der Waals surface area contributed by atoms with Crippen molar-refractivity contribution in [1.82, 2.24) is 25.1 Å². The van der Waals surface area contributed by atoms with Crippen LogP contribution in [0.3, 0.4) is 0 Å². The van der Waals surface area contributed by atoms with Crippen LogP contribution in [0.5, 0.6) is 0 Å². The average molecular weight is 550 g/mol. The molecule has 5 rings (SSSR count). The molecule has 17 heteroatoms. The van der Waals surface area contributed by atoms with E-state index in [1.54, 1.807) is 0 Å². The third-order valence-electron chi connectivity index (χ3n) is 5.92. The molecular weight excluding hydrogens is 532 g/mol. The van der Waals surface area contributed by atoms with Gasteiger partial charge in [0.2, 0.25) is 0 Å². The molecule has 0 spiro atoms. The molecule has 1 saturated heterocycles. The van der Waals surface area contributed by atoms with Gasteiger partial charge in [-0.15, -0.1) is 10.2 Å². The Hall–Kier alpha value is -4.64. The van der Waals surface area contributed by atoms with Crippen molar-refractivity contribution in [2.24, 2.45) is 0 Å². The Balaban J connectivity index is 1.37. The summed E-state index contributed by atoms with van der Waals surface area (Å²) in [4.78, 5) is 27.0. The number of aromatic nitrogens is 5. The summed E-state index contributed by atoms with van der Waals surface area (Å²) < 4.78 is 65.0. The summed E-state index contributed by atoms with van der Waals surface area (Å²) >= 11 is 0. The Bertz CT molecular complexity index is 1580. The first-order valence-corrected chi connectivity index (χ1v) is 11.1. The number of hydrogen-bond donors (Lipinski definition) is 3. The summed E-state index contributed by atoms with van der Waals surface area (Å²) in [5.74, 6) is -3.50. The normalized spacial score (nSPS) is 17.8. The van der Waals surface area contributed by atoms with E-state index in [1.807, 2.05) is 0 Å². The lowest BCUT2D eigenvalue weighted by Gasteiger charge is -2.37. The van der Waals surface area contributed by atoms with Crippen LogP contribution in [0.25, 0.3) is 16.7 Å². The highest BCUT2D eigenvalue weighted by Crippen LogP contribution is 2.30. The van der Waals surface area contributed by atoms with Gasteiger partial charge < -0.3 is 25.4 Å². The highest BCUT2D eigenvalue weighted by molar-refractivity contribution is 6.06. The Morgan fingerprint density at radius 2 is 2.05 bits per heavy atom. The van der Waals surface area contributed by atoms with E-state index in [0.717, 1.165) is 28.9 Å². The Kier molecular flexibility index (Phi) is 6.18. The number of amides is 2. The molecule has 1 fully saturated rings. The molecule has 2 amide bonds. The molecule has 0 aliphatic carbocycles. The van der Waals surface area contributed by atoms with Crippen molar-refractivity contribution in [2.75, 3.05) is 29.1 Å². The maximum Gasteiger partial charge on any atom is 0.435 e. The molecule has 2 atom stereocenters. The van der Waals surface area contributed by atoms with Gasteiger partial charge in [0, 0.05) is 11.8 Å². The van der Waals surface area contributed by atoms with Gasteiger partial charge >= 0.3 is 6.18 Å². The fraction of sp³-hybridized carbons (Fsp3) is 0.273. The van der Waals surface area contributed by atoms with Crippen molar-refractivity contribution in [3.05, 3.63) is 48.2 Å². The molecule has 4 N–H and O–H groups in total. The number of fused-ring (bicyclic) bond motifs is 1. The molecule has 0 saturated carbocycles. The number of halogens is 4. The van der Waals surface area contributed by atoms with Crippen LogP contribution >= 0.6 is 0 Å². The van der Waals surface area contributed by atoms with E-state index in [4.69, 9.17) is 15.0 Å². The third kappa shape index (κ3) is 4.72. The summed E-state index contributed by atoms with van der Waals surface area (Å²) in [6.07, 6.45) is -4.90. The average Bonchev–Trinajstić information content (AvgIpc) is 3.45. The lowest BCUT2D eigenvalue weighted by Crippen LogP contribution is -2.61. The minimum absolute atomic E-state index is 0.145. The van der Waals surface area contributed by atoms with Crippen molar-refractivity contribution in [1.29, 1.82) is 0 Å². The molecule has 4 heterocycles. The number of hydrogen-bond acceptors (Lipinski definition) is 10. The summed E-state index contributed by atoms with van der Waals surface area (Å²) in [5.41, 5.74) is 2.08. The summed E-state index contributed by atoms with van der Waals surface area (Å²) in [6, 6.07) is 5.01. The molecule has 0 bridgehead atoms. The van der Waals surface area contributed by atoms with Gasteiger partial charge in [-0.1, -0.05) is 5.16 Å². The lowest BCUT2D eigenvalue weighted by molar-refractivity contribution is -0.165. The zero-order valence-corrected chi connectivity index (χ0v) is 19.8. The summed E-state index contributed by atoms with van der Waals surface area (Å²) in [5, 5.41) is 27.7. The fourth-order valence-electron chi connectivity index (χ4n) is 3.89. The molecule has 2 unspecified atom stereocenters. The second-order valence-electron chi connectivity index (χ2n) is 8.66. The van der Waals surface area contributed by atoms with Gasteiger partial charge in [-0.25, -0.2) is 9.07 Å². The largest absolute Gasteiger partial charge is 0.435 e. The van der Waals surface area contributed by atoms with Crippen LogP contribution in [0.2, 0.25) is 0 Å². The minimum atomic E-state index is -4.80. The van der Waals surface area contributed by atoms with Gasteiger partial charge in [0.15, 0.2) is 40.4 Å². The number of anilines is 3. The van der Waals surface area contributed by atoms with Crippen LogP contribution in [0.1, 0.15) is 12.6 Å². The SMILES string of the molecule is CC(O)(C(=O)Nc1ccc2c(N)noc2c1)C1OCCN(c2nn(-c3cnnc(C(F)(F)F)c3)cc2F)C1=O. The van der Waals surface area contributed by atoms with Crippen LogP contribution in [-0.2, 0) is 20.5 Å². The number of nitrogen functional groups attached to an aromatic ring is 1. The molecule has 1 aromatic carbocycles. The molecule has 39 heavy (non-hydrogen) atoms. The van der Waals surface area contributed by atoms with Gasteiger partial charge in [-0.2, -0.15) is 18.3 Å². The Morgan fingerprint density at radius 1 is 1.28 bits per heavy atom. The second-order valence-corrected chi connectivity index (χ2v) is 8.66. The van der Waals surface area contributed by atoms with E-state index in [-0.39, 0.29) is 35.9 Å². The van der Waals surface area contributed by atoms with E-state index in [0.29, 0.717) is 11.5 Å². The summed E-state index contributed by atoms with van der Waals surface area (Å²) in [6.45, 7) is 0.604. The molecule has 0 radical (unpaired) electrons. The minimum Gasteiger partial charge on any atom is -0.380 e. The first-order valence-electron chi connectivity index (χ1n) is 11.1. The number of carbonyl (C=O) groups is 2. The molecule has 3 aromatic heterocycles. The Labute approximate surface area is 215 Å². The topological polar surface area (TPSA) is 175 Å². The zero-order chi connectivity index (χ0) is 28.1. The van der Waals surface area contributed by atoms with Gasteiger partial charge in [-0.3, -0.25) is 14.5 Å². The summed E-state index contributed by atoms with van der Waals surface area (Å²) in [7, 11) is 0. The van der Waals surface area contributed by atoms with E-state index in [2.05, 4.69) is 25.8 Å². The smallest absolute Gasteiger partial charge is 0.380 e. The molecular formula is C22H18F4N8O5. The molecule has 4 aromatic rings. The van der Waals surface area contributed by atoms with Gasteiger partial charge in [0.25, 0.3) is 11.8 Å². The van der Waals surface area contributed by atoms with Crippen LogP contribution in [-0.4, -0.2) is 66.9 Å². The number of nitrogens with two attached hydrogens (primary N) is 1. The van der Waals surface area contributed by atoms with Crippen LogP contribution in [0, 0.1) is 5.82 Å². The van der Waals surface area contributed by atoms with Gasteiger partial charge in [-0.05, 0) is 25.1 Å². The van der Waals surface area contributed by atoms with Crippen LogP contribution < -0.4 is 16.0 Å². The predicted octanol–water partition coefficient (Wildman–Crippen LogP) is 1.67. The highest BCUT2D eigenvalue weighted by atomic mass is 19.4. The number of alkyl halides is 3. The Morgan fingerprint density at radius 3 is 2.79 bits per heavy atom. The first-order chi connectivity index (χ1) is 18.4. The van der Waals surface area contributed by atoms with E-state index in [9.17, 15) is 32.3 Å². The van der Waals surface area contributed by atoms with Gasteiger partial charge in [0.1, 0.15) is 0 Å². The standard InChI is InChI=1S/C22H18F4N8O5/c1-21(37,20(36)29-10-2-3-12-14(6-10)39-32-17(12)27)16-19(35)33(4-5-38-16)18-13(23)9-34(31-18)11-7-15(22(24,25)26)30-28-8-11/h2-3,6-9,16,37H,4-5H2,1H3,(H2,27,32)(H,29,36). The zero-order valence-electron chi connectivity index (χ0n) is 19.8. The van der Waals surface area contributed by atoms with Crippen molar-refractivity contribution in [3.63, 3.8) is 0 Å². The molecule has 13 nitrogen and oxygen atoms in total. The maximum absolute atomic E-state index is 14.8. The number of aliphatic hydroxyl groups is 1. The first kappa shape index (κ1) is 26.0. The maximum atomic E-state index is 14.8.